The quantitative estimate of drug-likeness (QED) is 0.171. The maximum atomic E-state index is 6.20. The molecule has 3 heterocycles. The fourth-order valence-electron chi connectivity index (χ4n) is 7.67. The number of hydrogen-bond acceptors (Lipinski definition) is 5. The van der Waals surface area contributed by atoms with Crippen molar-refractivity contribution >= 4 is 92.1 Å². The van der Waals surface area contributed by atoms with Crippen molar-refractivity contribution in [1.29, 1.82) is 0 Å². The summed E-state index contributed by atoms with van der Waals surface area (Å²) in [6.45, 7) is 0. The zero-order valence-electron chi connectivity index (χ0n) is 28.9. The molecule has 11 rings (SSSR count). The first kappa shape index (κ1) is 31.0. The molecule has 0 aliphatic heterocycles. The first-order valence-corrected chi connectivity index (χ1v) is 19.7. The third kappa shape index (κ3) is 5.20. The van der Waals surface area contributed by atoms with Gasteiger partial charge in [0.1, 0.15) is 16.2 Å². The van der Waals surface area contributed by atoms with E-state index in [2.05, 4.69) is 175 Å². The van der Waals surface area contributed by atoms with Gasteiger partial charge in [-0.3, -0.25) is 0 Å². The lowest BCUT2D eigenvalue weighted by Crippen LogP contribution is -2.09. The molecule has 0 amide bonds. The number of rotatable bonds is 6. The summed E-state index contributed by atoms with van der Waals surface area (Å²) in [6, 6.07) is 64.9. The molecule has 254 valence electrons. The van der Waals surface area contributed by atoms with E-state index in [1.807, 2.05) is 23.5 Å². The minimum absolute atomic E-state index is 0.886. The van der Waals surface area contributed by atoms with Gasteiger partial charge in [-0.1, -0.05) is 109 Å². The Morgan fingerprint density at radius 3 is 1.72 bits per heavy atom. The van der Waals surface area contributed by atoms with Crippen LogP contribution in [0.3, 0.4) is 0 Å². The molecule has 0 spiro atoms. The second kappa shape index (κ2) is 12.6. The smallest absolute Gasteiger partial charge is 0.135 e. The molecule has 5 heteroatoms. The standard InChI is InChI=1S/C49H30N2OS2/c1-3-9-31(10-4-1)32-15-20-36(21-16-32)51(38-24-25-43-40(30-38)39-13-7-8-14-42(39)52-43)37-22-17-33(18-23-37)35-19-26-44-41(29-35)47-45(53-44)27-28-46-48(47)50-49(54-46)34-11-5-2-6-12-34/h1-30H. The molecule has 8 aromatic carbocycles. The van der Waals surface area contributed by atoms with Crippen molar-refractivity contribution in [2.45, 2.75) is 0 Å². The van der Waals surface area contributed by atoms with E-state index in [9.17, 15) is 0 Å². The molecular weight excluding hydrogens is 697 g/mol. The van der Waals surface area contributed by atoms with E-state index < -0.39 is 0 Å². The maximum Gasteiger partial charge on any atom is 0.135 e. The average molecular weight is 727 g/mol. The average Bonchev–Trinajstić information content (AvgIpc) is 3.95. The van der Waals surface area contributed by atoms with Crippen LogP contribution >= 0.6 is 22.7 Å². The Morgan fingerprint density at radius 2 is 0.963 bits per heavy atom. The van der Waals surface area contributed by atoms with Gasteiger partial charge in [-0.25, -0.2) is 4.98 Å². The molecule has 0 saturated carbocycles. The first-order valence-electron chi connectivity index (χ1n) is 18.0. The SMILES string of the molecule is c1ccc(-c2ccc(N(c3ccc(-c4ccc5sc6ccc7sc(-c8ccccc8)nc7c6c5c4)cc3)c3ccc4oc5ccccc5c4c3)cc2)cc1. The second-order valence-electron chi connectivity index (χ2n) is 13.6. The van der Waals surface area contributed by atoms with Gasteiger partial charge in [0.25, 0.3) is 0 Å². The Bertz CT molecular complexity index is 3140. The molecule has 0 atom stereocenters. The summed E-state index contributed by atoms with van der Waals surface area (Å²) in [6.07, 6.45) is 0. The van der Waals surface area contributed by atoms with Crippen LogP contribution < -0.4 is 4.90 Å². The molecule has 0 N–H and O–H groups in total. The Hall–Kier alpha value is -6.53. The van der Waals surface area contributed by atoms with Crippen LogP contribution in [0.1, 0.15) is 0 Å². The van der Waals surface area contributed by atoms with Crippen LogP contribution in [0, 0.1) is 0 Å². The van der Waals surface area contributed by atoms with Gasteiger partial charge >= 0.3 is 0 Å². The molecule has 0 fully saturated rings. The third-order valence-electron chi connectivity index (χ3n) is 10.3. The molecule has 0 saturated heterocycles. The van der Waals surface area contributed by atoms with E-state index in [1.54, 1.807) is 11.3 Å². The number of benzene rings is 8. The maximum absolute atomic E-state index is 6.20. The van der Waals surface area contributed by atoms with Gasteiger partial charge < -0.3 is 9.32 Å². The van der Waals surface area contributed by atoms with E-state index in [-0.39, 0.29) is 0 Å². The van der Waals surface area contributed by atoms with Crippen molar-refractivity contribution in [3.8, 4) is 32.8 Å². The number of hydrogen-bond donors (Lipinski definition) is 0. The highest BCUT2D eigenvalue weighted by Crippen LogP contribution is 2.44. The fourth-order valence-corrected chi connectivity index (χ4v) is 9.74. The summed E-state index contributed by atoms with van der Waals surface area (Å²) in [5.74, 6) is 0. The number of furan rings is 1. The monoisotopic (exact) mass is 726 g/mol. The molecule has 0 radical (unpaired) electrons. The van der Waals surface area contributed by atoms with Crippen molar-refractivity contribution in [1.82, 2.24) is 4.98 Å². The minimum atomic E-state index is 0.886. The van der Waals surface area contributed by atoms with Crippen molar-refractivity contribution in [3.05, 3.63) is 182 Å². The summed E-state index contributed by atoms with van der Waals surface area (Å²) < 4.78 is 9.97. The highest BCUT2D eigenvalue weighted by atomic mass is 32.1. The highest BCUT2D eigenvalue weighted by Gasteiger charge is 2.18. The molecule has 3 nitrogen and oxygen atoms in total. The van der Waals surface area contributed by atoms with Gasteiger partial charge in [0, 0.05) is 53.6 Å². The zero-order valence-corrected chi connectivity index (χ0v) is 30.6. The van der Waals surface area contributed by atoms with Crippen molar-refractivity contribution in [2.24, 2.45) is 0 Å². The van der Waals surface area contributed by atoms with Crippen LogP contribution in [-0.2, 0) is 0 Å². The van der Waals surface area contributed by atoms with Gasteiger partial charge in [0.2, 0.25) is 0 Å². The first-order chi connectivity index (χ1) is 26.7. The lowest BCUT2D eigenvalue weighted by atomic mass is 10.0. The molecule has 3 aromatic heterocycles. The summed E-state index contributed by atoms with van der Waals surface area (Å²) in [4.78, 5) is 7.52. The van der Waals surface area contributed by atoms with Crippen molar-refractivity contribution < 1.29 is 4.42 Å². The molecule has 54 heavy (non-hydrogen) atoms. The van der Waals surface area contributed by atoms with Crippen LogP contribution in [0.15, 0.2) is 186 Å². The van der Waals surface area contributed by atoms with Crippen molar-refractivity contribution in [3.63, 3.8) is 0 Å². The molecule has 0 aliphatic carbocycles. The second-order valence-corrected chi connectivity index (χ2v) is 15.7. The van der Waals surface area contributed by atoms with Gasteiger partial charge in [-0.15, -0.1) is 22.7 Å². The lowest BCUT2D eigenvalue weighted by Gasteiger charge is -2.26. The number of thiazole rings is 1. The van der Waals surface area contributed by atoms with Crippen LogP contribution in [0.25, 0.3) is 85.2 Å². The molecule has 0 bridgehead atoms. The minimum Gasteiger partial charge on any atom is -0.456 e. The lowest BCUT2D eigenvalue weighted by molar-refractivity contribution is 0.669. The largest absolute Gasteiger partial charge is 0.456 e. The van der Waals surface area contributed by atoms with Crippen LogP contribution in [0.5, 0.6) is 0 Å². The summed E-state index contributed by atoms with van der Waals surface area (Å²) >= 11 is 3.60. The van der Waals surface area contributed by atoms with E-state index in [1.165, 1.54) is 47.1 Å². The summed E-state index contributed by atoms with van der Waals surface area (Å²) in [7, 11) is 0. The third-order valence-corrected chi connectivity index (χ3v) is 12.5. The van der Waals surface area contributed by atoms with E-state index in [0.717, 1.165) is 55.1 Å². The highest BCUT2D eigenvalue weighted by molar-refractivity contribution is 7.26. The van der Waals surface area contributed by atoms with Crippen LogP contribution in [0.2, 0.25) is 0 Å². The number of nitrogens with zero attached hydrogens (tertiary/aromatic N) is 2. The molecule has 0 unspecified atom stereocenters. The number of para-hydroxylation sites is 1. The van der Waals surface area contributed by atoms with Crippen LogP contribution in [0.4, 0.5) is 17.1 Å². The normalized spacial score (nSPS) is 11.7. The van der Waals surface area contributed by atoms with Gasteiger partial charge in [0.05, 0.1) is 10.2 Å². The predicted octanol–water partition coefficient (Wildman–Crippen LogP) is 15.0. The number of thiophene rings is 1. The summed E-state index contributed by atoms with van der Waals surface area (Å²) in [5, 5.41) is 5.78. The Balaban J connectivity index is 1.01. The van der Waals surface area contributed by atoms with E-state index in [0.29, 0.717) is 0 Å². The fraction of sp³-hybridized carbons (Fsp3) is 0. The Morgan fingerprint density at radius 1 is 0.389 bits per heavy atom. The topological polar surface area (TPSA) is 29.3 Å². The molecule has 0 aliphatic rings. The number of anilines is 3. The summed E-state index contributed by atoms with van der Waals surface area (Å²) in [5.41, 5.74) is 12.0. The van der Waals surface area contributed by atoms with Crippen molar-refractivity contribution in [2.75, 3.05) is 4.90 Å². The molecular formula is C49H30N2OS2. The number of fused-ring (bicyclic) bond motifs is 8. The number of aromatic nitrogens is 1. The van der Waals surface area contributed by atoms with Gasteiger partial charge in [0.15, 0.2) is 0 Å². The Kier molecular flexibility index (Phi) is 7.22. The zero-order chi connectivity index (χ0) is 35.6. The van der Waals surface area contributed by atoms with Gasteiger partial charge in [-0.05, 0) is 95.1 Å². The Labute approximate surface area is 319 Å². The molecule has 11 aromatic rings. The predicted molar refractivity (Wildman–Crippen MR) is 231 cm³/mol. The van der Waals surface area contributed by atoms with E-state index >= 15 is 0 Å². The van der Waals surface area contributed by atoms with E-state index in [4.69, 9.17) is 9.40 Å². The van der Waals surface area contributed by atoms with Gasteiger partial charge in [-0.2, -0.15) is 0 Å². The van der Waals surface area contributed by atoms with Crippen LogP contribution in [-0.4, -0.2) is 4.98 Å².